The Morgan fingerprint density at radius 3 is 2.90 bits per heavy atom. The molecule has 0 bridgehead atoms. The van der Waals surface area contributed by atoms with Crippen molar-refractivity contribution >= 4 is 16.7 Å². The summed E-state index contributed by atoms with van der Waals surface area (Å²) in [6, 6.07) is 4.06. The first-order valence-electron chi connectivity index (χ1n) is 6.20. The largest absolute Gasteiger partial charge is 0.351 e. The Hall–Kier alpha value is -1.71. The van der Waals surface area contributed by atoms with Crippen LogP contribution in [-0.2, 0) is 10.8 Å². The highest BCUT2D eigenvalue weighted by Gasteiger charge is 2.12. The fraction of sp³-hybridized carbons (Fsp3) is 0.357. The molecule has 108 valence electrons. The van der Waals surface area contributed by atoms with E-state index in [1.54, 1.807) is 6.92 Å². The second kappa shape index (κ2) is 8.46. The van der Waals surface area contributed by atoms with Gasteiger partial charge in [0.05, 0.1) is 12.1 Å². The van der Waals surface area contributed by atoms with Crippen molar-refractivity contribution in [2.75, 3.05) is 24.6 Å². The van der Waals surface area contributed by atoms with Crippen molar-refractivity contribution in [1.29, 1.82) is 0 Å². The van der Waals surface area contributed by atoms with E-state index in [9.17, 15) is 13.4 Å². The predicted molar refractivity (Wildman–Crippen MR) is 78.2 cm³/mol. The van der Waals surface area contributed by atoms with Gasteiger partial charge in [0, 0.05) is 34.4 Å². The molecule has 1 aromatic carbocycles. The summed E-state index contributed by atoms with van der Waals surface area (Å²) in [5.74, 6) is 5.12. The molecule has 1 atom stereocenters. The zero-order chi connectivity index (χ0) is 15.0. The van der Waals surface area contributed by atoms with Crippen molar-refractivity contribution in [1.82, 2.24) is 5.32 Å². The van der Waals surface area contributed by atoms with Gasteiger partial charge in [0.15, 0.2) is 0 Å². The van der Waals surface area contributed by atoms with Crippen molar-refractivity contribution in [3.8, 4) is 11.8 Å². The maximum atomic E-state index is 13.6. The highest BCUT2D eigenvalue weighted by Crippen LogP contribution is 2.10. The van der Waals surface area contributed by atoms with Crippen LogP contribution in [0.25, 0.3) is 0 Å². The summed E-state index contributed by atoms with van der Waals surface area (Å²) in [7, 11) is -0.959. The maximum Gasteiger partial charge on any atom is 0.254 e. The van der Waals surface area contributed by atoms with Crippen LogP contribution in [-0.4, -0.2) is 34.7 Å². The fourth-order valence-electron chi connectivity index (χ4n) is 1.45. The van der Waals surface area contributed by atoms with E-state index < -0.39 is 22.5 Å². The Morgan fingerprint density at radius 2 is 2.25 bits per heavy atom. The number of hydrogen-bond acceptors (Lipinski definition) is 3. The van der Waals surface area contributed by atoms with Crippen LogP contribution in [0.1, 0.15) is 22.8 Å². The third-order valence-electron chi connectivity index (χ3n) is 2.48. The molecule has 0 saturated heterocycles. The van der Waals surface area contributed by atoms with Crippen molar-refractivity contribution in [3.05, 3.63) is 35.1 Å². The minimum Gasteiger partial charge on any atom is -0.351 e. The summed E-state index contributed by atoms with van der Waals surface area (Å²) in [5, 5.41) is 2.54. The summed E-state index contributed by atoms with van der Waals surface area (Å²) in [5.41, 5.74) is 5.71. The lowest BCUT2D eigenvalue weighted by molar-refractivity contribution is 0.0952. The molecule has 1 amide bonds. The zero-order valence-electron chi connectivity index (χ0n) is 11.2. The summed E-state index contributed by atoms with van der Waals surface area (Å²) < 4.78 is 24.8. The molecule has 0 aliphatic carbocycles. The fourth-order valence-corrected chi connectivity index (χ4v) is 2.07. The third-order valence-corrected chi connectivity index (χ3v) is 3.79. The summed E-state index contributed by atoms with van der Waals surface area (Å²) >= 11 is 0. The summed E-state index contributed by atoms with van der Waals surface area (Å²) in [6.45, 7) is 2.25. The van der Waals surface area contributed by atoms with Gasteiger partial charge >= 0.3 is 0 Å². The van der Waals surface area contributed by atoms with E-state index in [4.69, 9.17) is 5.73 Å². The monoisotopic (exact) mass is 296 g/mol. The van der Waals surface area contributed by atoms with E-state index >= 15 is 0 Å². The van der Waals surface area contributed by atoms with Gasteiger partial charge in [0.1, 0.15) is 5.82 Å². The van der Waals surface area contributed by atoms with Gasteiger partial charge in [0.25, 0.3) is 5.91 Å². The van der Waals surface area contributed by atoms with Crippen LogP contribution >= 0.6 is 0 Å². The van der Waals surface area contributed by atoms with Gasteiger partial charge in [-0.25, -0.2) is 4.39 Å². The molecule has 1 unspecified atom stereocenters. The smallest absolute Gasteiger partial charge is 0.254 e. The zero-order valence-corrected chi connectivity index (χ0v) is 12.1. The molecule has 0 fully saturated rings. The molecule has 1 rings (SSSR count). The van der Waals surface area contributed by atoms with Crippen LogP contribution in [0.5, 0.6) is 0 Å². The second-order valence-corrected chi connectivity index (χ2v) is 5.75. The summed E-state index contributed by atoms with van der Waals surface area (Å²) in [6.07, 6.45) is 0. The molecule has 6 heteroatoms. The van der Waals surface area contributed by atoms with Gasteiger partial charge in [-0.15, -0.1) is 0 Å². The number of carbonyl (C=O) groups is 1. The Morgan fingerprint density at radius 1 is 1.50 bits per heavy atom. The second-order valence-electron chi connectivity index (χ2n) is 3.89. The van der Waals surface area contributed by atoms with Crippen molar-refractivity contribution in [2.24, 2.45) is 5.73 Å². The van der Waals surface area contributed by atoms with E-state index in [0.29, 0.717) is 17.1 Å². The Bertz CT molecular complexity index is 564. The van der Waals surface area contributed by atoms with Crippen LogP contribution in [0.3, 0.4) is 0 Å². The number of rotatable bonds is 5. The molecular formula is C14H17FN2O2S. The Kier molecular flexibility index (Phi) is 6.91. The lowest BCUT2D eigenvalue weighted by atomic mass is 10.1. The number of carbonyl (C=O) groups excluding carboxylic acids is 1. The minimum atomic E-state index is -0.959. The first-order valence-corrected chi connectivity index (χ1v) is 7.69. The van der Waals surface area contributed by atoms with Gasteiger partial charge < -0.3 is 11.1 Å². The lowest BCUT2D eigenvalue weighted by Gasteiger charge is -2.06. The SMILES string of the molecule is CCS(=O)CCNC(=O)c1cc(C#CCN)ccc1F. The average Bonchev–Trinajstić information content (AvgIpc) is 2.45. The highest BCUT2D eigenvalue weighted by atomic mass is 32.2. The average molecular weight is 296 g/mol. The standard InChI is InChI=1S/C14H17FN2O2S/c1-2-20(19)9-8-17-14(18)12-10-11(4-3-7-16)5-6-13(12)15/h5-6,10H,2,7-9,16H2,1H3,(H,17,18). The van der Waals surface area contributed by atoms with Crippen LogP contribution in [0.2, 0.25) is 0 Å². The van der Waals surface area contributed by atoms with E-state index in [1.807, 2.05) is 0 Å². The van der Waals surface area contributed by atoms with Gasteiger partial charge in [0.2, 0.25) is 0 Å². The van der Waals surface area contributed by atoms with Crippen molar-refractivity contribution in [2.45, 2.75) is 6.92 Å². The molecule has 0 spiro atoms. The Balaban J connectivity index is 2.74. The quantitative estimate of drug-likeness (QED) is 0.783. The van der Waals surface area contributed by atoms with Gasteiger partial charge in [-0.3, -0.25) is 9.00 Å². The van der Waals surface area contributed by atoms with Crippen LogP contribution in [0, 0.1) is 17.7 Å². The summed E-state index contributed by atoms with van der Waals surface area (Å²) in [4.78, 5) is 11.8. The number of halogens is 1. The molecule has 0 aliphatic rings. The topological polar surface area (TPSA) is 72.2 Å². The third kappa shape index (κ3) is 5.11. The van der Waals surface area contributed by atoms with Gasteiger partial charge in [-0.2, -0.15) is 0 Å². The molecule has 0 aliphatic heterocycles. The van der Waals surface area contributed by atoms with Crippen LogP contribution in [0.15, 0.2) is 18.2 Å². The normalized spacial score (nSPS) is 11.3. The molecule has 20 heavy (non-hydrogen) atoms. The lowest BCUT2D eigenvalue weighted by Crippen LogP contribution is -2.28. The first kappa shape index (κ1) is 16.3. The number of nitrogens with two attached hydrogens (primary N) is 1. The first-order chi connectivity index (χ1) is 9.58. The number of hydrogen-bond donors (Lipinski definition) is 2. The molecule has 0 aromatic heterocycles. The van der Waals surface area contributed by atoms with Gasteiger partial charge in [-0.1, -0.05) is 18.8 Å². The number of amides is 1. The molecule has 3 N–H and O–H groups in total. The molecule has 4 nitrogen and oxygen atoms in total. The van der Waals surface area contributed by atoms with E-state index in [1.165, 1.54) is 18.2 Å². The van der Waals surface area contributed by atoms with Crippen molar-refractivity contribution < 1.29 is 13.4 Å². The number of benzene rings is 1. The number of nitrogens with one attached hydrogen (secondary N) is 1. The Labute approximate surface area is 120 Å². The van der Waals surface area contributed by atoms with E-state index in [2.05, 4.69) is 17.2 Å². The van der Waals surface area contributed by atoms with Crippen LogP contribution < -0.4 is 11.1 Å². The maximum absolute atomic E-state index is 13.6. The minimum absolute atomic E-state index is 0.0731. The molecule has 0 heterocycles. The molecular weight excluding hydrogens is 279 g/mol. The van der Waals surface area contributed by atoms with E-state index in [0.717, 1.165) is 0 Å². The molecule has 0 saturated carbocycles. The van der Waals surface area contributed by atoms with Gasteiger partial charge in [-0.05, 0) is 18.2 Å². The highest BCUT2D eigenvalue weighted by molar-refractivity contribution is 7.84. The predicted octanol–water partition coefficient (Wildman–Crippen LogP) is 0.634. The van der Waals surface area contributed by atoms with Crippen LogP contribution in [0.4, 0.5) is 4.39 Å². The molecule has 1 aromatic rings. The van der Waals surface area contributed by atoms with E-state index in [-0.39, 0.29) is 18.7 Å². The van der Waals surface area contributed by atoms with Crippen molar-refractivity contribution in [3.63, 3.8) is 0 Å². The molecule has 0 radical (unpaired) electrons.